The van der Waals surface area contributed by atoms with Crippen LogP contribution in [-0.4, -0.2) is 18.8 Å². The van der Waals surface area contributed by atoms with Crippen molar-refractivity contribution in [3.05, 3.63) is 0 Å². The van der Waals surface area contributed by atoms with E-state index in [-0.39, 0.29) is 0 Å². The average Bonchev–Trinajstić information content (AvgIpc) is 1.77. The summed E-state index contributed by atoms with van der Waals surface area (Å²) in [5.74, 6) is 0.524. The van der Waals surface area contributed by atoms with Crippen LogP contribution in [0.2, 0.25) is 0 Å². The first-order valence-electron chi connectivity index (χ1n) is 3.08. The van der Waals surface area contributed by atoms with Gasteiger partial charge in [0.15, 0.2) is 0 Å². The maximum atomic E-state index is 7.33. The fourth-order valence-electron chi connectivity index (χ4n) is 0.890. The lowest BCUT2D eigenvalue weighted by Gasteiger charge is -2.19. The molecule has 0 spiro atoms. The smallest absolute Gasteiger partial charge is 0.0335 e. The second kappa shape index (κ2) is 2.27. The Morgan fingerprint density at radius 2 is 2.50 bits per heavy atom. The molecule has 0 aromatic heterocycles. The molecule has 1 atom stereocenters. The van der Waals surface area contributed by atoms with Crippen molar-refractivity contribution in [1.29, 1.82) is 5.41 Å². The SMILES string of the molecule is CC1CCNCC1=N. The molecule has 0 saturated carbocycles. The van der Waals surface area contributed by atoms with Gasteiger partial charge in [0.1, 0.15) is 0 Å². The Morgan fingerprint density at radius 3 is 2.88 bits per heavy atom. The largest absolute Gasteiger partial charge is 0.311 e. The minimum absolute atomic E-state index is 0.524. The highest BCUT2D eigenvalue weighted by Crippen LogP contribution is 2.05. The summed E-state index contributed by atoms with van der Waals surface area (Å²) in [6.45, 7) is 4.01. The summed E-state index contributed by atoms with van der Waals surface area (Å²) in [6, 6.07) is 0. The summed E-state index contributed by atoms with van der Waals surface area (Å²) in [5, 5.41) is 10.5. The van der Waals surface area contributed by atoms with E-state index in [4.69, 9.17) is 5.41 Å². The fourth-order valence-corrected chi connectivity index (χ4v) is 0.890. The van der Waals surface area contributed by atoms with Gasteiger partial charge >= 0.3 is 0 Å². The quantitative estimate of drug-likeness (QED) is 0.474. The van der Waals surface area contributed by atoms with E-state index < -0.39 is 0 Å². The average molecular weight is 112 g/mol. The van der Waals surface area contributed by atoms with Crippen molar-refractivity contribution in [2.45, 2.75) is 13.3 Å². The number of piperidine rings is 1. The van der Waals surface area contributed by atoms with Crippen molar-refractivity contribution >= 4 is 5.71 Å². The molecule has 0 amide bonds. The van der Waals surface area contributed by atoms with E-state index in [1.165, 1.54) is 0 Å². The van der Waals surface area contributed by atoms with Crippen LogP contribution in [0.3, 0.4) is 0 Å². The molecule has 0 bridgehead atoms. The van der Waals surface area contributed by atoms with Gasteiger partial charge < -0.3 is 10.7 Å². The summed E-state index contributed by atoms with van der Waals surface area (Å²) in [7, 11) is 0. The summed E-state index contributed by atoms with van der Waals surface area (Å²) < 4.78 is 0. The Morgan fingerprint density at radius 1 is 1.75 bits per heavy atom. The zero-order valence-electron chi connectivity index (χ0n) is 5.20. The third kappa shape index (κ3) is 1.07. The predicted octanol–water partition coefficient (Wildman–Crippen LogP) is 0.636. The molecule has 1 heterocycles. The van der Waals surface area contributed by atoms with Gasteiger partial charge in [0.05, 0.1) is 0 Å². The van der Waals surface area contributed by atoms with Gasteiger partial charge in [0.2, 0.25) is 0 Å². The first-order valence-corrected chi connectivity index (χ1v) is 3.08. The summed E-state index contributed by atoms with van der Waals surface area (Å²) in [4.78, 5) is 0. The fraction of sp³-hybridized carbons (Fsp3) is 0.833. The molecule has 1 rings (SSSR count). The molecule has 2 heteroatoms. The lowest BCUT2D eigenvalue weighted by molar-refractivity contribution is 0.568. The van der Waals surface area contributed by atoms with Crippen LogP contribution in [0.5, 0.6) is 0 Å². The molecular weight excluding hydrogens is 100 g/mol. The lowest BCUT2D eigenvalue weighted by atomic mass is 9.99. The zero-order chi connectivity index (χ0) is 5.98. The van der Waals surface area contributed by atoms with E-state index in [9.17, 15) is 0 Å². The van der Waals surface area contributed by atoms with Crippen LogP contribution in [0.1, 0.15) is 13.3 Å². The highest BCUT2D eigenvalue weighted by molar-refractivity contribution is 5.85. The van der Waals surface area contributed by atoms with E-state index >= 15 is 0 Å². The van der Waals surface area contributed by atoms with E-state index in [0.29, 0.717) is 5.92 Å². The van der Waals surface area contributed by atoms with Crippen LogP contribution < -0.4 is 5.32 Å². The second-order valence-corrected chi connectivity index (χ2v) is 2.39. The number of hydrogen-bond acceptors (Lipinski definition) is 2. The molecule has 1 fully saturated rings. The standard InChI is InChI=1S/C6H12N2/c1-5-2-3-8-4-6(5)7/h5,7-8H,2-4H2,1H3. The summed E-state index contributed by atoms with van der Waals surface area (Å²) in [5.41, 5.74) is 0.858. The molecule has 1 aliphatic rings. The van der Waals surface area contributed by atoms with Crippen molar-refractivity contribution in [3.8, 4) is 0 Å². The Hall–Kier alpha value is -0.370. The maximum absolute atomic E-state index is 7.33. The van der Waals surface area contributed by atoms with Crippen molar-refractivity contribution in [3.63, 3.8) is 0 Å². The molecule has 1 aliphatic heterocycles. The Labute approximate surface area is 49.8 Å². The van der Waals surface area contributed by atoms with Crippen LogP contribution in [0.4, 0.5) is 0 Å². The first-order chi connectivity index (χ1) is 3.80. The highest BCUT2D eigenvalue weighted by Gasteiger charge is 2.11. The molecule has 0 aromatic carbocycles. The number of nitrogens with one attached hydrogen (secondary N) is 2. The monoisotopic (exact) mass is 112 g/mol. The molecule has 2 nitrogen and oxygen atoms in total. The van der Waals surface area contributed by atoms with Gasteiger partial charge in [-0.2, -0.15) is 0 Å². The Balaban J connectivity index is 2.39. The highest BCUT2D eigenvalue weighted by atomic mass is 14.9. The molecule has 1 saturated heterocycles. The van der Waals surface area contributed by atoms with Crippen LogP contribution in [0.25, 0.3) is 0 Å². The summed E-state index contributed by atoms with van der Waals surface area (Å²) >= 11 is 0. The molecule has 0 aliphatic carbocycles. The molecular formula is C6H12N2. The number of rotatable bonds is 0. The van der Waals surface area contributed by atoms with E-state index in [0.717, 1.165) is 25.2 Å². The van der Waals surface area contributed by atoms with Crippen molar-refractivity contribution in [1.82, 2.24) is 5.32 Å². The van der Waals surface area contributed by atoms with E-state index in [2.05, 4.69) is 12.2 Å². The lowest BCUT2D eigenvalue weighted by Crippen LogP contribution is -2.34. The first kappa shape index (κ1) is 5.76. The third-order valence-corrected chi connectivity index (χ3v) is 1.66. The number of hydrogen-bond donors (Lipinski definition) is 2. The normalized spacial score (nSPS) is 30.6. The molecule has 46 valence electrons. The maximum Gasteiger partial charge on any atom is 0.0335 e. The topological polar surface area (TPSA) is 35.9 Å². The van der Waals surface area contributed by atoms with Gasteiger partial charge in [0.25, 0.3) is 0 Å². The summed E-state index contributed by atoms with van der Waals surface area (Å²) in [6.07, 6.45) is 1.14. The third-order valence-electron chi connectivity index (χ3n) is 1.66. The zero-order valence-corrected chi connectivity index (χ0v) is 5.20. The van der Waals surface area contributed by atoms with Crippen LogP contribution >= 0.6 is 0 Å². The second-order valence-electron chi connectivity index (χ2n) is 2.39. The van der Waals surface area contributed by atoms with E-state index in [1.807, 2.05) is 0 Å². The molecule has 0 radical (unpaired) electrons. The van der Waals surface area contributed by atoms with Gasteiger partial charge in [-0.05, 0) is 18.9 Å². The van der Waals surface area contributed by atoms with Crippen molar-refractivity contribution < 1.29 is 0 Å². The van der Waals surface area contributed by atoms with Crippen LogP contribution in [-0.2, 0) is 0 Å². The van der Waals surface area contributed by atoms with E-state index in [1.54, 1.807) is 0 Å². The van der Waals surface area contributed by atoms with Crippen molar-refractivity contribution in [2.75, 3.05) is 13.1 Å². The minimum atomic E-state index is 0.524. The molecule has 0 aromatic rings. The molecule has 2 N–H and O–H groups in total. The van der Waals surface area contributed by atoms with Crippen LogP contribution in [0, 0.1) is 11.3 Å². The Kier molecular flexibility index (Phi) is 1.63. The van der Waals surface area contributed by atoms with Gasteiger partial charge in [-0.1, -0.05) is 6.92 Å². The minimum Gasteiger partial charge on any atom is -0.311 e. The van der Waals surface area contributed by atoms with Gasteiger partial charge in [0, 0.05) is 12.3 Å². The Bertz CT molecular complexity index is 98.7. The van der Waals surface area contributed by atoms with Crippen molar-refractivity contribution in [2.24, 2.45) is 5.92 Å². The molecule has 1 unspecified atom stereocenters. The van der Waals surface area contributed by atoms with Gasteiger partial charge in [-0.3, -0.25) is 0 Å². The molecule has 8 heavy (non-hydrogen) atoms. The predicted molar refractivity (Wildman–Crippen MR) is 34.4 cm³/mol. The van der Waals surface area contributed by atoms with Gasteiger partial charge in [-0.15, -0.1) is 0 Å². The van der Waals surface area contributed by atoms with Crippen LogP contribution in [0.15, 0.2) is 0 Å². The van der Waals surface area contributed by atoms with Gasteiger partial charge in [-0.25, -0.2) is 0 Å².